The molecule has 1 aliphatic carbocycles. The van der Waals surface area contributed by atoms with Crippen LogP contribution >= 0.6 is 11.3 Å². The number of nitrogens with one attached hydrogen (secondary N) is 1. The minimum Gasteiger partial charge on any atom is -0.338 e. The molecule has 0 spiro atoms. The van der Waals surface area contributed by atoms with E-state index < -0.39 is 22.2 Å². The van der Waals surface area contributed by atoms with Gasteiger partial charge in [0.1, 0.15) is 6.17 Å². The number of likely N-dealkylation sites (tertiary alicyclic amines) is 1. The van der Waals surface area contributed by atoms with Crippen molar-refractivity contribution in [3.8, 4) is 0 Å². The Kier molecular flexibility index (Phi) is 4.80. The molecule has 0 aromatic carbocycles. The van der Waals surface area contributed by atoms with Gasteiger partial charge in [0.15, 0.2) is 5.13 Å². The molecule has 1 saturated heterocycles. The predicted octanol–water partition coefficient (Wildman–Crippen LogP) is 0.517. The number of aryl methyl sites for hydroxylation is 1. The molecule has 3 N–H and O–H groups in total. The fraction of sp³-hybridized carbons (Fsp3) is 0.714. The summed E-state index contributed by atoms with van der Waals surface area (Å²) in [5, 5.41) is 0.350. The number of aromatic nitrogens is 1. The quantitative estimate of drug-likeness (QED) is 0.797. The third-order valence-corrected chi connectivity index (χ3v) is 6.21. The van der Waals surface area contributed by atoms with Crippen molar-refractivity contribution in [1.82, 2.24) is 9.88 Å². The van der Waals surface area contributed by atoms with E-state index in [0.717, 1.165) is 23.2 Å². The Morgan fingerprint density at radius 3 is 2.88 bits per heavy atom. The average molecular weight is 376 g/mol. The first-order valence-corrected chi connectivity index (χ1v) is 10.6. The van der Waals surface area contributed by atoms with E-state index in [1.807, 2.05) is 0 Å². The van der Waals surface area contributed by atoms with E-state index >= 15 is 0 Å². The average Bonchev–Trinajstić information content (AvgIpc) is 3.08. The van der Waals surface area contributed by atoms with Crippen molar-refractivity contribution < 1.29 is 17.6 Å². The summed E-state index contributed by atoms with van der Waals surface area (Å²) >= 11 is 1.29. The topological polar surface area (TPSA) is 105 Å². The van der Waals surface area contributed by atoms with Gasteiger partial charge in [-0.05, 0) is 31.6 Å². The Balaban J connectivity index is 1.67. The predicted molar refractivity (Wildman–Crippen MR) is 90.2 cm³/mol. The van der Waals surface area contributed by atoms with Gasteiger partial charge in [0, 0.05) is 11.4 Å². The van der Waals surface area contributed by atoms with E-state index in [1.54, 1.807) is 0 Å². The third kappa shape index (κ3) is 3.86. The summed E-state index contributed by atoms with van der Waals surface area (Å²) in [6, 6.07) is -0.656. The number of sulfonamides is 1. The zero-order valence-corrected chi connectivity index (χ0v) is 15.0. The van der Waals surface area contributed by atoms with Gasteiger partial charge >= 0.3 is 0 Å². The number of nitrogens with two attached hydrogens (primary N) is 1. The van der Waals surface area contributed by atoms with Crippen molar-refractivity contribution in [3.05, 3.63) is 10.6 Å². The van der Waals surface area contributed by atoms with Gasteiger partial charge in [0.25, 0.3) is 0 Å². The van der Waals surface area contributed by atoms with Crippen LogP contribution in [-0.2, 0) is 27.7 Å². The number of carbonyl (C=O) groups excluding carboxylic acids is 1. The highest BCUT2D eigenvalue weighted by molar-refractivity contribution is 7.92. The molecule has 10 heteroatoms. The van der Waals surface area contributed by atoms with Crippen LogP contribution in [0.2, 0.25) is 0 Å². The molecule has 1 unspecified atom stereocenters. The number of fused-ring (bicyclic) bond motifs is 1. The first kappa shape index (κ1) is 17.6. The summed E-state index contributed by atoms with van der Waals surface area (Å²) in [4.78, 5) is 19.2. The van der Waals surface area contributed by atoms with Crippen LogP contribution in [0.5, 0.6) is 0 Å². The van der Waals surface area contributed by atoms with Crippen molar-refractivity contribution in [2.75, 3.05) is 24.1 Å². The molecule has 2 aliphatic rings. The van der Waals surface area contributed by atoms with Crippen molar-refractivity contribution in [2.45, 2.75) is 37.9 Å². The zero-order valence-electron chi connectivity index (χ0n) is 13.4. The minimum atomic E-state index is -3.36. The lowest BCUT2D eigenvalue weighted by Gasteiger charge is -2.29. The van der Waals surface area contributed by atoms with Gasteiger partial charge in [0.2, 0.25) is 15.9 Å². The second-order valence-electron chi connectivity index (χ2n) is 6.46. The Bertz CT molecular complexity index is 736. The van der Waals surface area contributed by atoms with Crippen LogP contribution < -0.4 is 10.5 Å². The second-order valence-corrected chi connectivity index (χ2v) is 9.29. The maximum atomic E-state index is 13.3. The SMILES string of the molecule is CS(=O)(=O)Nc1nc2c(s1)CC([C@H](N)C(=O)N1CC[C@H](F)C1)CC2. The highest BCUT2D eigenvalue weighted by Gasteiger charge is 2.35. The molecule has 1 fully saturated rings. The van der Waals surface area contributed by atoms with Crippen LogP contribution in [0.1, 0.15) is 23.4 Å². The van der Waals surface area contributed by atoms with Gasteiger partial charge in [-0.1, -0.05) is 0 Å². The molecule has 0 bridgehead atoms. The second kappa shape index (κ2) is 6.57. The highest BCUT2D eigenvalue weighted by Crippen LogP contribution is 2.34. The number of hydrogen-bond acceptors (Lipinski definition) is 6. The van der Waals surface area contributed by atoms with Gasteiger partial charge in [-0.15, -0.1) is 11.3 Å². The number of amides is 1. The number of nitrogens with zero attached hydrogens (tertiary/aromatic N) is 2. The largest absolute Gasteiger partial charge is 0.338 e. The molecule has 1 aromatic rings. The monoisotopic (exact) mass is 376 g/mol. The fourth-order valence-corrected chi connectivity index (χ4v) is 5.18. The number of alkyl halides is 1. The Morgan fingerprint density at radius 1 is 1.50 bits per heavy atom. The molecule has 2 heterocycles. The lowest BCUT2D eigenvalue weighted by molar-refractivity contribution is -0.133. The first-order valence-electron chi connectivity index (χ1n) is 7.88. The number of halogens is 1. The molecule has 134 valence electrons. The summed E-state index contributed by atoms with van der Waals surface area (Å²) in [6.07, 6.45) is 2.48. The Morgan fingerprint density at radius 2 is 2.25 bits per heavy atom. The van der Waals surface area contributed by atoms with Gasteiger partial charge in [-0.25, -0.2) is 17.8 Å². The van der Waals surface area contributed by atoms with E-state index in [9.17, 15) is 17.6 Å². The summed E-state index contributed by atoms with van der Waals surface area (Å²) in [7, 11) is -3.36. The van der Waals surface area contributed by atoms with Gasteiger partial charge in [0.05, 0.1) is 24.5 Å². The normalized spacial score (nSPS) is 25.4. The van der Waals surface area contributed by atoms with Crippen molar-refractivity contribution >= 4 is 32.4 Å². The number of anilines is 1. The molecule has 0 saturated carbocycles. The smallest absolute Gasteiger partial charge is 0.239 e. The van der Waals surface area contributed by atoms with Crippen LogP contribution in [0.25, 0.3) is 0 Å². The molecule has 24 heavy (non-hydrogen) atoms. The van der Waals surface area contributed by atoms with Crippen LogP contribution in [0.3, 0.4) is 0 Å². The molecular weight excluding hydrogens is 355 g/mol. The first-order chi connectivity index (χ1) is 11.2. The highest BCUT2D eigenvalue weighted by atomic mass is 32.2. The number of hydrogen-bond donors (Lipinski definition) is 2. The number of thiazole rings is 1. The molecule has 7 nitrogen and oxygen atoms in total. The Hall–Kier alpha value is -1.26. The third-order valence-electron chi connectivity index (χ3n) is 4.49. The van der Waals surface area contributed by atoms with Gasteiger partial charge < -0.3 is 10.6 Å². The van der Waals surface area contributed by atoms with Crippen molar-refractivity contribution in [3.63, 3.8) is 0 Å². The van der Waals surface area contributed by atoms with E-state index in [2.05, 4.69) is 9.71 Å². The summed E-state index contributed by atoms with van der Waals surface area (Å²) in [5.74, 6) is -0.224. The molecule has 1 amide bonds. The number of rotatable bonds is 4. The lowest BCUT2D eigenvalue weighted by Crippen LogP contribution is -2.48. The number of carbonyl (C=O) groups is 1. The van der Waals surface area contributed by atoms with Crippen LogP contribution in [0, 0.1) is 5.92 Å². The Labute approximate surface area is 144 Å². The molecule has 3 atom stereocenters. The van der Waals surface area contributed by atoms with Gasteiger partial charge in [-0.2, -0.15) is 0 Å². The molecule has 0 radical (unpaired) electrons. The minimum absolute atomic E-state index is 0.0322. The van der Waals surface area contributed by atoms with Crippen LogP contribution in [0.4, 0.5) is 9.52 Å². The summed E-state index contributed by atoms with van der Waals surface area (Å²) < 4.78 is 38.3. The standard InChI is InChI=1S/C14H21FN4O3S2/c1-24(21,22)18-14-17-10-3-2-8(6-11(10)23-14)12(16)13(20)19-5-4-9(15)7-19/h8-9,12H,2-7,16H2,1H3,(H,17,18)/t8?,9-,12-/m0/s1. The van der Waals surface area contributed by atoms with Crippen LogP contribution in [0.15, 0.2) is 0 Å². The van der Waals surface area contributed by atoms with Crippen molar-refractivity contribution in [1.29, 1.82) is 0 Å². The lowest BCUT2D eigenvalue weighted by atomic mass is 9.85. The van der Waals surface area contributed by atoms with E-state index in [4.69, 9.17) is 5.73 Å². The van der Waals surface area contributed by atoms with E-state index in [-0.39, 0.29) is 18.4 Å². The molecule has 3 rings (SSSR count). The van der Waals surface area contributed by atoms with Crippen LogP contribution in [-0.4, -0.2) is 55.8 Å². The summed E-state index contributed by atoms with van der Waals surface area (Å²) in [5.41, 5.74) is 7.01. The molecule has 1 aliphatic heterocycles. The van der Waals surface area contributed by atoms with E-state index in [1.165, 1.54) is 16.2 Å². The maximum Gasteiger partial charge on any atom is 0.239 e. The summed E-state index contributed by atoms with van der Waals surface area (Å²) in [6.45, 7) is 0.558. The molecule has 1 aromatic heterocycles. The fourth-order valence-electron chi connectivity index (χ4n) is 3.24. The molecular formula is C14H21FN4O3S2. The van der Waals surface area contributed by atoms with Gasteiger partial charge in [-0.3, -0.25) is 9.52 Å². The maximum absolute atomic E-state index is 13.3. The van der Waals surface area contributed by atoms with E-state index in [0.29, 0.717) is 30.9 Å². The zero-order chi connectivity index (χ0) is 17.5. The van der Waals surface area contributed by atoms with Crippen molar-refractivity contribution in [2.24, 2.45) is 11.7 Å².